The summed E-state index contributed by atoms with van der Waals surface area (Å²) in [6.45, 7) is 7.57. The van der Waals surface area contributed by atoms with E-state index in [0.717, 1.165) is 13.0 Å². The summed E-state index contributed by atoms with van der Waals surface area (Å²) < 4.78 is 0. The fourth-order valence-electron chi connectivity index (χ4n) is 1.90. The molecule has 0 aliphatic carbocycles. The lowest BCUT2D eigenvalue weighted by atomic mass is 9.97. The van der Waals surface area contributed by atoms with E-state index in [0.29, 0.717) is 12.5 Å². The SMILES string of the molecule is CC1CC(N)CN(C(=O)NC(C)C)C1. The molecule has 3 N–H and O–H groups in total. The lowest BCUT2D eigenvalue weighted by molar-refractivity contribution is 0.158. The van der Waals surface area contributed by atoms with Gasteiger partial charge < -0.3 is 16.0 Å². The number of rotatable bonds is 1. The molecule has 1 rings (SSSR count). The summed E-state index contributed by atoms with van der Waals surface area (Å²) in [5.41, 5.74) is 5.86. The smallest absolute Gasteiger partial charge is 0.317 e. The van der Waals surface area contributed by atoms with Crippen molar-refractivity contribution in [2.24, 2.45) is 11.7 Å². The molecule has 1 heterocycles. The zero-order chi connectivity index (χ0) is 10.7. The van der Waals surface area contributed by atoms with Crippen LogP contribution in [0.4, 0.5) is 4.79 Å². The third-order valence-corrected chi connectivity index (χ3v) is 2.39. The number of urea groups is 1. The summed E-state index contributed by atoms with van der Waals surface area (Å²) >= 11 is 0. The van der Waals surface area contributed by atoms with Crippen LogP contribution in [-0.4, -0.2) is 36.1 Å². The predicted molar refractivity (Wildman–Crippen MR) is 57.0 cm³/mol. The van der Waals surface area contributed by atoms with Gasteiger partial charge >= 0.3 is 6.03 Å². The Kier molecular flexibility index (Phi) is 3.75. The molecular formula is C10H21N3O. The largest absolute Gasteiger partial charge is 0.336 e. The summed E-state index contributed by atoms with van der Waals surface area (Å²) in [5.74, 6) is 0.511. The van der Waals surface area contributed by atoms with Crippen LogP contribution in [-0.2, 0) is 0 Å². The van der Waals surface area contributed by atoms with E-state index >= 15 is 0 Å². The van der Waals surface area contributed by atoms with Gasteiger partial charge in [-0.3, -0.25) is 0 Å². The van der Waals surface area contributed by atoms with Crippen LogP contribution >= 0.6 is 0 Å². The average Bonchev–Trinajstić information content (AvgIpc) is 2.00. The van der Waals surface area contributed by atoms with Gasteiger partial charge in [0.2, 0.25) is 0 Å². The second-order valence-electron chi connectivity index (χ2n) is 4.61. The third-order valence-electron chi connectivity index (χ3n) is 2.39. The molecule has 2 amide bonds. The number of nitrogens with two attached hydrogens (primary N) is 1. The molecule has 0 aromatic heterocycles. The van der Waals surface area contributed by atoms with E-state index < -0.39 is 0 Å². The Bertz CT molecular complexity index is 196. The summed E-state index contributed by atoms with van der Waals surface area (Å²) in [7, 11) is 0. The molecule has 0 spiro atoms. The van der Waals surface area contributed by atoms with Crippen molar-refractivity contribution >= 4 is 6.03 Å². The van der Waals surface area contributed by atoms with Crippen molar-refractivity contribution in [3.8, 4) is 0 Å². The highest BCUT2D eigenvalue weighted by molar-refractivity contribution is 5.74. The lowest BCUT2D eigenvalue weighted by Gasteiger charge is -2.35. The maximum Gasteiger partial charge on any atom is 0.317 e. The summed E-state index contributed by atoms with van der Waals surface area (Å²) in [6, 6.07) is 0.342. The molecule has 2 unspecified atom stereocenters. The van der Waals surface area contributed by atoms with Gasteiger partial charge in [0.1, 0.15) is 0 Å². The summed E-state index contributed by atoms with van der Waals surface area (Å²) in [6.07, 6.45) is 1.02. The standard InChI is InChI=1S/C10H21N3O/c1-7(2)12-10(14)13-5-8(3)4-9(11)6-13/h7-9H,4-6,11H2,1-3H3,(H,12,14). The van der Waals surface area contributed by atoms with Gasteiger partial charge in [0.25, 0.3) is 0 Å². The minimum atomic E-state index is 0.0157. The van der Waals surface area contributed by atoms with E-state index in [-0.39, 0.29) is 18.1 Å². The Balaban J connectivity index is 2.46. The number of piperidine rings is 1. The van der Waals surface area contributed by atoms with Crippen molar-refractivity contribution in [2.75, 3.05) is 13.1 Å². The third kappa shape index (κ3) is 3.18. The van der Waals surface area contributed by atoms with Crippen LogP contribution < -0.4 is 11.1 Å². The van der Waals surface area contributed by atoms with Crippen molar-refractivity contribution in [1.29, 1.82) is 0 Å². The Hall–Kier alpha value is -0.770. The first-order valence-electron chi connectivity index (χ1n) is 5.30. The first-order valence-corrected chi connectivity index (χ1v) is 5.30. The number of nitrogens with one attached hydrogen (secondary N) is 1. The van der Waals surface area contributed by atoms with Gasteiger partial charge in [0, 0.05) is 25.2 Å². The number of carbonyl (C=O) groups excluding carboxylic acids is 1. The van der Waals surface area contributed by atoms with Crippen molar-refractivity contribution < 1.29 is 4.79 Å². The van der Waals surface area contributed by atoms with Gasteiger partial charge in [-0.1, -0.05) is 6.92 Å². The molecule has 1 fully saturated rings. The fourth-order valence-corrected chi connectivity index (χ4v) is 1.90. The van der Waals surface area contributed by atoms with E-state index in [4.69, 9.17) is 5.73 Å². The van der Waals surface area contributed by atoms with Crippen LogP contribution in [0, 0.1) is 5.92 Å². The zero-order valence-corrected chi connectivity index (χ0v) is 9.29. The number of hydrogen-bond acceptors (Lipinski definition) is 2. The second kappa shape index (κ2) is 4.64. The van der Waals surface area contributed by atoms with Crippen LogP contribution in [0.15, 0.2) is 0 Å². The number of amides is 2. The van der Waals surface area contributed by atoms with Crippen LogP contribution in [0.5, 0.6) is 0 Å². The van der Waals surface area contributed by atoms with Gasteiger partial charge in [0.05, 0.1) is 0 Å². The van der Waals surface area contributed by atoms with Crippen LogP contribution in [0.25, 0.3) is 0 Å². The monoisotopic (exact) mass is 199 g/mol. The van der Waals surface area contributed by atoms with E-state index in [2.05, 4.69) is 12.2 Å². The van der Waals surface area contributed by atoms with Gasteiger partial charge in [-0.25, -0.2) is 4.79 Å². The molecule has 1 aliphatic heterocycles. The van der Waals surface area contributed by atoms with Gasteiger partial charge in [0.15, 0.2) is 0 Å². The van der Waals surface area contributed by atoms with E-state index in [9.17, 15) is 4.79 Å². The Morgan fingerprint density at radius 1 is 1.50 bits per heavy atom. The number of carbonyl (C=O) groups is 1. The van der Waals surface area contributed by atoms with Gasteiger partial charge in [-0.15, -0.1) is 0 Å². The lowest BCUT2D eigenvalue weighted by Crippen LogP contribution is -2.53. The van der Waals surface area contributed by atoms with Gasteiger partial charge in [-0.2, -0.15) is 0 Å². The molecule has 14 heavy (non-hydrogen) atoms. The first-order chi connectivity index (χ1) is 6.49. The molecule has 1 aliphatic rings. The molecule has 0 aromatic rings. The second-order valence-corrected chi connectivity index (χ2v) is 4.61. The van der Waals surface area contributed by atoms with Crippen molar-refractivity contribution in [3.05, 3.63) is 0 Å². The number of likely N-dealkylation sites (tertiary alicyclic amines) is 1. The van der Waals surface area contributed by atoms with E-state index in [1.165, 1.54) is 0 Å². The zero-order valence-electron chi connectivity index (χ0n) is 9.29. The molecule has 1 saturated heterocycles. The molecule has 4 nitrogen and oxygen atoms in total. The highest BCUT2D eigenvalue weighted by Gasteiger charge is 2.25. The number of hydrogen-bond donors (Lipinski definition) is 2. The minimum Gasteiger partial charge on any atom is -0.336 e. The summed E-state index contributed by atoms with van der Waals surface area (Å²) in [5, 5.41) is 2.88. The maximum atomic E-state index is 11.7. The molecule has 0 aromatic carbocycles. The quantitative estimate of drug-likeness (QED) is 0.655. The van der Waals surface area contributed by atoms with Gasteiger partial charge in [-0.05, 0) is 26.2 Å². The number of nitrogens with zero attached hydrogens (tertiary/aromatic N) is 1. The van der Waals surface area contributed by atoms with Crippen LogP contribution in [0.2, 0.25) is 0 Å². The van der Waals surface area contributed by atoms with E-state index in [1.807, 2.05) is 18.7 Å². The topological polar surface area (TPSA) is 58.4 Å². The molecular weight excluding hydrogens is 178 g/mol. The molecule has 82 valence electrons. The Labute approximate surface area is 85.8 Å². The van der Waals surface area contributed by atoms with Crippen LogP contribution in [0.1, 0.15) is 27.2 Å². The van der Waals surface area contributed by atoms with Crippen LogP contribution in [0.3, 0.4) is 0 Å². The highest BCUT2D eigenvalue weighted by Crippen LogP contribution is 2.14. The predicted octanol–water partition coefficient (Wildman–Crippen LogP) is 0.773. The van der Waals surface area contributed by atoms with Crippen molar-refractivity contribution in [2.45, 2.75) is 39.3 Å². The maximum absolute atomic E-state index is 11.7. The summed E-state index contributed by atoms with van der Waals surface area (Å²) in [4.78, 5) is 13.5. The normalized spacial score (nSPS) is 27.9. The Morgan fingerprint density at radius 2 is 2.14 bits per heavy atom. The van der Waals surface area contributed by atoms with Crippen molar-refractivity contribution in [3.63, 3.8) is 0 Å². The molecule has 2 atom stereocenters. The average molecular weight is 199 g/mol. The van der Waals surface area contributed by atoms with E-state index in [1.54, 1.807) is 0 Å². The Morgan fingerprint density at radius 3 is 2.64 bits per heavy atom. The molecule has 0 saturated carbocycles. The fraction of sp³-hybridized carbons (Fsp3) is 0.900. The molecule has 0 bridgehead atoms. The van der Waals surface area contributed by atoms with Crippen molar-refractivity contribution in [1.82, 2.24) is 10.2 Å². The first kappa shape index (κ1) is 11.3. The highest BCUT2D eigenvalue weighted by atomic mass is 16.2. The minimum absolute atomic E-state index is 0.0157. The molecule has 0 radical (unpaired) electrons. The molecule has 4 heteroatoms.